The van der Waals surface area contributed by atoms with Crippen LogP contribution in [0, 0.1) is 25.4 Å². The Bertz CT molecular complexity index is 605. The Balaban J connectivity index is 3.64. The van der Waals surface area contributed by atoms with Gasteiger partial charge in [0.25, 0.3) is 32.5 Å². The van der Waals surface area contributed by atoms with Crippen molar-refractivity contribution >= 4 is 15.8 Å². The van der Waals surface area contributed by atoms with Crippen molar-refractivity contribution in [1.29, 1.82) is 0 Å². The molecule has 2 N–H and O–H groups in total. The van der Waals surface area contributed by atoms with E-state index in [-0.39, 0.29) is 0 Å². The van der Waals surface area contributed by atoms with Crippen molar-refractivity contribution in [2.24, 2.45) is 0 Å². The van der Waals surface area contributed by atoms with E-state index >= 15 is 0 Å². The standard InChI is InChI=1S/C6H5N3O9S/c10-7(11)3-1-4(8(12)13)6(19(16,17)18)5(2-3)9(14)15/h1-2,6H,(H,10,11)(H,16,17,18). The predicted octanol–water partition coefficient (Wildman–Crippen LogP) is -1.08. The molecule has 0 saturated carbocycles. The van der Waals surface area contributed by atoms with Crippen molar-refractivity contribution in [3.8, 4) is 0 Å². The van der Waals surface area contributed by atoms with Gasteiger partial charge in [-0.1, -0.05) is 0 Å². The summed E-state index contributed by atoms with van der Waals surface area (Å²) in [5.74, 6) is 0. The van der Waals surface area contributed by atoms with Crippen molar-refractivity contribution in [2.45, 2.75) is 5.25 Å². The highest BCUT2D eigenvalue weighted by atomic mass is 32.2. The average Bonchev–Trinajstić information content (AvgIpc) is 2.25. The lowest BCUT2D eigenvalue weighted by Crippen LogP contribution is -2.36. The second-order valence-corrected chi connectivity index (χ2v) is 4.75. The summed E-state index contributed by atoms with van der Waals surface area (Å²) in [7, 11) is -5.20. The van der Waals surface area contributed by atoms with Crippen LogP contribution in [0.3, 0.4) is 0 Å². The van der Waals surface area contributed by atoms with Crippen LogP contribution in [0.25, 0.3) is 0 Å². The third-order valence-corrected chi connectivity index (χ3v) is 3.15. The second-order valence-electron chi connectivity index (χ2n) is 3.25. The number of nitrogens with zero attached hydrogens (tertiary/aromatic N) is 3. The summed E-state index contributed by atoms with van der Waals surface area (Å²) in [6, 6.07) is 0. The van der Waals surface area contributed by atoms with Crippen LogP contribution in [0.15, 0.2) is 23.5 Å². The maximum absolute atomic E-state index is 11.0. The molecule has 0 atom stereocenters. The zero-order valence-corrected chi connectivity index (χ0v) is 9.55. The minimum Gasteiger partial charge on any atom is -0.417 e. The summed E-state index contributed by atoms with van der Waals surface area (Å²) in [4.78, 5) is 17.7. The fourth-order valence-corrected chi connectivity index (χ4v) is 2.28. The Morgan fingerprint density at radius 1 is 1.05 bits per heavy atom. The van der Waals surface area contributed by atoms with E-state index < -0.39 is 47.2 Å². The molecule has 0 bridgehead atoms. The molecule has 0 fully saturated rings. The molecule has 0 aromatic heterocycles. The highest BCUT2D eigenvalue weighted by Crippen LogP contribution is 2.25. The van der Waals surface area contributed by atoms with E-state index in [1.807, 2.05) is 0 Å². The summed E-state index contributed by atoms with van der Waals surface area (Å²) in [6.07, 6.45) is 0.608. The van der Waals surface area contributed by atoms with Gasteiger partial charge in [0.2, 0.25) is 0 Å². The molecular weight excluding hydrogens is 290 g/mol. The maximum Gasteiger partial charge on any atom is 0.289 e. The van der Waals surface area contributed by atoms with E-state index in [2.05, 4.69) is 0 Å². The van der Waals surface area contributed by atoms with E-state index in [0.717, 1.165) is 0 Å². The molecule has 13 heteroatoms. The van der Waals surface area contributed by atoms with Crippen LogP contribution in [0.1, 0.15) is 0 Å². The molecule has 0 heterocycles. The van der Waals surface area contributed by atoms with Crippen molar-refractivity contribution in [1.82, 2.24) is 0 Å². The first kappa shape index (κ1) is 14.5. The van der Waals surface area contributed by atoms with E-state index in [0.29, 0.717) is 12.2 Å². The van der Waals surface area contributed by atoms with Crippen molar-refractivity contribution < 1.29 is 32.9 Å². The van der Waals surface area contributed by atoms with Gasteiger partial charge in [-0.2, -0.15) is 8.42 Å². The Morgan fingerprint density at radius 3 is 1.63 bits per heavy atom. The first-order valence-corrected chi connectivity index (χ1v) is 5.77. The SMILES string of the molecule is O=[N+]([O-])C1=CC(=[N+]([O-])O)C=C([N+](=O)[O-])C1S(=O)(=O)O. The van der Waals surface area contributed by atoms with Gasteiger partial charge in [-0.25, -0.2) is 0 Å². The van der Waals surface area contributed by atoms with Crippen LogP contribution in [0.4, 0.5) is 0 Å². The molecule has 0 spiro atoms. The highest BCUT2D eigenvalue weighted by molar-refractivity contribution is 7.86. The van der Waals surface area contributed by atoms with Gasteiger partial charge in [-0.05, 0) is 0 Å². The number of nitro groups is 2. The molecule has 0 amide bonds. The van der Waals surface area contributed by atoms with Crippen LogP contribution in [0.5, 0.6) is 0 Å². The lowest BCUT2D eigenvalue weighted by molar-refractivity contribution is -0.725. The van der Waals surface area contributed by atoms with Crippen LogP contribution >= 0.6 is 0 Å². The molecular formula is C6H5N3O9S. The van der Waals surface area contributed by atoms with Gasteiger partial charge in [0.05, 0.1) is 22.0 Å². The quantitative estimate of drug-likeness (QED) is 0.214. The van der Waals surface area contributed by atoms with Gasteiger partial charge in [-0.3, -0.25) is 30.0 Å². The predicted molar refractivity (Wildman–Crippen MR) is 55.9 cm³/mol. The fraction of sp³-hybridized carbons (Fsp3) is 0.167. The molecule has 104 valence electrons. The molecule has 0 aromatic rings. The van der Waals surface area contributed by atoms with Crippen LogP contribution in [0.2, 0.25) is 0 Å². The molecule has 0 aliphatic heterocycles. The summed E-state index contributed by atoms with van der Waals surface area (Å²) in [6.45, 7) is 0. The lowest BCUT2D eigenvalue weighted by atomic mass is 10.1. The molecule has 0 aromatic carbocycles. The zero-order chi connectivity index (χ0) is 15.0. The minimum absolute atomic E-state index is 0.304. The Labute approximate surface area is 104 Å². The van der Waals surface area contributed by atoms with E-state index in [9.17, 15) is 33.9 Å². The Morgan fingerprint density at radius 2 is 1.42 bits per heavy atom. The van der Waals surface area contributed by atoms with Gasteiger partial charge in [0, 0.05) is 4.90 Å². The van der Waals surface area contributed by atoms with Gasteiger partial charge in [0.1, 0.15) is 0 Å². The lowest BCUT2D eigenvalue weighted by Gasteiger charge is -2.11. The molecule has 0 unspecified atom stereocenters. The normalized spacial score (nSPS) is 19.4. The van der Waals surface area contributed by atoms with Gasteiger partial charge >= 0.3 is 0 Å². The van der Waals surface area contributed by atoms with E-state index in [1.165, 1.54) is 0 Å². The van der Waals surface area contributed by atoms with Crippen molar-refractivity contribution in [3.63, 3.8) is 0 Å². The van der Waals surface area contributed by atoms with Crippen molar-refractivity contribution in [3.05, 3.63) is 49.0 Å². The smallest absolute Gasteiger partial charge is 0.289 e. The Kier molecular flexibility index (Phi) is 3.53. The molecule has 12 nitrogen and oxygen atoms in total. The highest BCUT2D eigenvalue weighted by Gasteiger charge is 2.50. The number of hydrogen-bond donors (Lipinski definition) is 2. The second kappa shape index (κ2) is 4.62. The third-order valence-electron chi connectivity index (χ3n) is 2.07. The van der Waals surface area contributed by atoms with Gasteiger partial charge < -0.3 is 5.21 Å². The molecule has 1 aliphatic rings. The average molecular weight is 295 g/mol. The van der Waals surface area contributed by atoms with Crippen LogP contribution < -0.4 is 0 Å². The number of allylic oxidation sites excluding steroid dienone is 2. The largest absolute Gasteiger partial charge is 0.417 e. The zero-order valence-electron chi connectivity index (χ0n) is 8.73. The number of rotatable bonds is 3. The maximum atomic E-state index is 11.0. The molecule has 1 aliphatic carbocycles. The topological polar surface area (TPSA) is 187 Å². The minimum atomic E-state index is -5.20. The summed E-state index contributed by atoms with van der Waals surface area (Å²) >= 11 is 0. The monoisotopic (exact) mass is 295 g/mol. The van der Waals surface area contributed by atoms with Gasteiger partial charge in [0.15, 0.2) is 0 Å². The molecule has 1 rings (SSSR count). The third kappa shape index (κ3) is 2.83. The van der Waals surface area contributed by atoms with Crippen LogP contribution in [-0.4, -0.2) is 43.9 Å². The first-order chi connectivity index (χ1) is 8.55. The van der Waals surface area contributed by atoms with Crippen molar-refractivity contribution in [2.75, 3.05) is 0 Å². The van der Waals surface area contributed by atoms with Gasteiger partial charge in [-0.15, -0.1) is 0 Å². The van der Waals surface area contributed by atoms with E-state index in [4.69, 9.17) is 9.76 Å². The molecule has 0 radical (unpaired) electrons. The summed E-state index contributed by atoms with van der Waals surface area (Å²) < 4.78 is 30.8. The van der Waals surface area contributed by atoms with E-state index in [1.54, 1.807) is 0 Å². The Hall–Kier alpha value is -2.54. The fourth-order valence-electron chi connectivity index (χ4n) is 1.36. The molecule has 19 heavy (non-hydrogen) atoms. The van der Waals surface area contributed by atoms with Crippen LogP contribution in [-0.2, 0) is 10.1 Å². The number of hydrogen-bond acceptors (Lipinski definition) is 8. The summed E-state index contributed by atoms with van der Waals surface area (Å²) in [5, 5.41) is 37.9. The first-order valence-electron chi connectivity index (χ1n) is 4.27. The molecule has 0 saturated heterocycles. The summed E-state index contributed by atoms with van der Waals surface area (Å²) in [5.41, 5.74) is -3.58.